The van der Waals surface area contributed by atoms with Crippen LogP contribution in [0.1, 0.15) is 36.4 Å². The van der Waals surface area contributed by atoms with Crippen molar-refractivity contribution in [3.8, 4) is 0 Å². The average Bonchev–Trinajstić information content (AvgIpc) is 2.97. The fraction of sp³-hybridized carbons (Fsp3) is 0.333. The minimum atomic E-state index is -1.28. The van der Waals surface area contributed by atoms with E-state index < -0.39 is 17.7 Å². The number of nitrogens with zero attached hydrogens (tertiary/aromatic N) is 3. The predicted octanol–water partition coefficient (Wildman–Crippen LogP) is 2.92. The van der Waals surface area contributed by atoms with E-state index in [-0.39, 0.29) is 31.3 Å². The lowest BCUT2D eigenvalue weighted by Crippen LogP contribution is -2.27. The molecule has 2 aromatic rings. The Labute approximate surface area is 120 Å². The first-order chi connectivity index (χ1) is 10.1. The first-order valence-corrected chi connectivity index (χ1v) is 6.79. The lowest BCUT2D eigenvalue weighted by molar-refractivity contribution is 0.322. The summed E-state index contributed by atoms with van der Waals surface area (Å²) in [5.74, 6) is -0.398. The van der Waals surface area contributed by atoms with Crippen LogP contribution >= 0.6 is 0 Å². The molecule has 0 amide bonds. The number of alkyl halides is 1. The number of aryl methyl sites for hydroxylation is 1. The van der Waals surface area contributed by atoms with E-state index in [1.807, 2.05) is 30.3 Å². The van der Waals surface area contributed by atoms with E-state index in [0.717, 1.165) is 10.2 Å². The van der Waals surface area contributed by atoms with E-state index in [0.29, 0.717) is 0 Å². The molecule has 1 aromatic heterocycles. The number of hydrogen-bond donors (Lipinski definition) is 0. The van der Waals surface area contributed by atoms with E-state index in [1.54, 1.807) is 0 Å². The number of benzene rings is 1. The van der Waals surface area contributed by atoms with Gasteiger partial charge in [0.25, 0.3) is 0 Å². The molecular formula is C15H15F2N3O. The second kappa shape index (κ2) is 5.27. The Kier molecular flexibility index (Phi) is 3.45. The number of hydrogen-bond acceptors (Lipinski definition) is 2. The van der Waals surface area contributed by atoms with E-state index in [4.69, 9.17) is 0 Å². The number of fused-ring (bicyclic) bond motifs is 1. The maximum Gasteiger partial charge on any atom is 0.346 e. The van der Waals surface area contributed by atoms with E-state index >= 15 is 0 Å². The summed E-state index contributed by atoms with van der Waals surface area (Å²) in [4.78, 5) is 12.3. The molecule has 0 aliphatic carbocycles. The van der Waals surface area contributed by atoms with Gasteiger partial charge in [0.2, 0.25) is 0 Å². The normalized spacial score (nSPS) is 20.5. The van der Waals surface area contributed by atoms with Crippen LogP contribution in [-0.4, -0.2) is 14.3 Å². The van der Waals surface area contributed by atoms with Crippen LogP contribution in [0, 0.1) is 0 Å². The topological polar surface area (TPSA) is 39.8 Å². The van der Waals surface area contributed by atoms with Gasteiger partial charge in [-0.05, 0) is 5.56 Å². The van der Waals surface area contributed by atoms with E-state index in [9.17, 15) is 13.6 Å². The van der Waals surface area contributed by atoms with Gasteiger partial charge < -0.3 is 0 Å². The summed E-state index contributed by atoms with van der Waals surface area (Å²) >= 11 is 0. The number of aromatic nitrogens is 3. The minimum Gasteiger partial charge on any atom is -0.269 e. The van der Waals surface area contributed by atoms with Crippen LogP contribution < -0.4 is 5.69 Å². The number of halogens is 2. The molecule has 1 aliphatic rings. The maximum atomic E-state index is 14.1. The molecule has 2 heterocycles. The molecule has 0 saturated heterocycles. The van der Waals surface area contributed by atoms with Gasteiger partial charge in [0.05, 0.1) is 18.4 Å². The van der Waals surface area contributed by atoms with Gasteiger partial charge >= 0.3 is 5.69 Å². The molecule has 0 N–H and O–H groups in total. The monoisotopic (exact) mass is 291 g/mol. The summed E-state index contributed by atoms with van der Waals surface area (Å²) in [6.07, 6.45) is -1.07. The molecule has 0 radical (unpaired) electrons. The van der Waals surface area contributed by atoms with Crippen molar-refractivity contribution in [1.29, 1.82) is 0 Å². The summed E-state index contributed by atoms with van der Waals surface area (Å²) in [5, 5.41) is 4.00. The molecule has 3 rings (SSSR count). The van der Waals surface area contributed by atoms with Crippen molar-refractivity contribution in [3.63, 3.8) is 0 Å². The quantitative estimate of drug-likeness (QED) is 0.869. The molecule has 0 spiro atoms. The van der Waals surface area contributed by atoms with Crippen molar-refractivity contribution in [2.45, 2.75) is 31.6 Å². The predicted molar refractivity (Wildman–Crippen MR) is 74.4 cm³/mol. The SMILES string of the molecule is C=C(F)CCn1nc2n(c1=O)C(c1ccccc1)CC2F. The minimum absolute atomic E-state index is 0.00329. The maximum absolute atomic E-state index is 14.1. The standard InChI is InChI=1S/C15H15F2N3O/c1-10(16)7-8-19-15(21)20-13(9-12(17)14(20)18-19)11-5-3-2-4-6-11/h2-6,12-13H,1,7-9H2. The first kappa shape index (κ1) is 13.7. The molecule has 0 bridgehead atoms. The van der Waals surface area contributed by atoms with Gasteiger partial charge in [-0.25, -0.2) is 18.3 Å². The van der Waals surface area contributed by atoms with Crippen molar-refractivity contribution >= 4 is 0 Å². The molecule has 2 atom stereocenters. The molecule has 0 saturated carbocycles. The van der Waals surface area contributed by atoms with Gasteiger partial charge in [-0.15, -0.1) is 0 Å². The first-order valence-electron chi connectivity index (χ1n) is 6.79. The van der Waals surface area contributed by atoms with Crippen molar-refractivity contribution in [1.82, 2.24) is 14.3 Å². The summed E-state index contributed by atoms with van der Waals surface area (Å²) < 4.78 is 29.3. The lowest BCUT2D eigenvalue weighted by atomic mass is 10.0. The zero-order valence-electron chi connectivity index (χ0n) is 11.4. The van der Waals surface area contributed by atoms with Crippen molar-refractivity contribution < 1.29 is 8.78 Å². The highest BCUT2D eigenvalue weighted by molar-refractivity contribution is 5.23. The molecule has 1 aromatic carbocycles. The Morgan fingerprint density at radius 3 is 2.76 bits per heavy atom. The third kappa shape index (κ3) is 2.41. The Morgan fingerprint density at radius 2 is 2.10 bits per heavy atom. The van der Waals surface area contributed by atoms with Gasteiger partial charge in [-0.1, -0.05) is 36.9 Å². The molecule has 4 nitrogen and oxygen atoms in total. The van der Waals surface area contributed by atoms with Crippen molar-refractivity contribution in [2.24, 2.45) is 0 Å². The van der Waals surface area contributed by atoms with E-state index in [2.05, 4.69) is 11.7 Å². The molecular weight excluding hydrogens is 276 g/mol. The fourth-order valence-electron chi connectivity index (χ4n) is 2.68. The smallest absolute Gasteiger partial charge is 0.269 e. The molecule has 110 valence electrons. The van der Waals surface area contributed by atoms with Gasteiger partial charge in [0.1, 0.15) is 0 Å². The van der Waals surface area contributed by atoms with Crippen LogP contribution in [0.2, 0.25) is 0 Å². The van der Waals surface area contributed by atoms with Gasteiger partial charge in [-0.2, -0.15) is 5.10 Å². The Morgan fingerprint density at radius 1 is 1.38 bits per heavy atom. The molecule has 1 aliphatic heterocycles. The summed E-state index contributed by atoms with van der Waals surface area (Å²) in [7, 11) is 0. The molecule has 21 heavy (non-hydrogen) atoms. The Balaban J connectivity index is 1.99. The van der Waals surface area contributed by atoms with Gasteiger partial charge in [0.15, 0.2) is 12.0 Å². The zero-order valence-corrected chi connectivity index (χ0v) is 11.4. The number of allylic oxidation sites excluding steroid dienone is 1. The van der Waals surface area contributed by atoms with Crippen LogP contribution in [0.25, 0.3) is 0 Å². The third-order valence-corrected chi connectivity index (χ3v) is 3.70. The highest BCUT2D eigenvalue weighted by atomic mass is 19.1. The van der Waals surface area contributed by atoms with Crippen LogP contribution in [0.15, 0.2) is 47.5 Å². The van der Waals surface area contributed by atoms with E-state index in [1.165, 1.54) is 4.57 Å². The highest BCUT2D eigenvalue weighted by Crippen LogP contribution is 2.38. The molecule has 2 unspecified atom stereocenters. The summed E-state index contributed by atoms with van der Waals surface area (Å²) in [6, 6.07) is 8.93. The third-order valence-electron chi connectivity index (χ3n) is 3.70. The highest BCUT2D eigenvalue weighted by Gasteiger charge is 2.36. The average molecular weight is 291 g/mol. The second-order valence-corrected chi connectivity index (χ2v) is 5.13. The van der Waals surface area contributed by atoms with Crippen LogP contribution in [0.3, 0.4) is 0 Å². The summed E-state index contributed by atoms with van der Waals surface area (Å²) in [5.41, 5.74) is 0.468. The van der Waals surface area contributed by atoms with Crippen LogP contribution in [-0.2, 0) is 6.54 Å². The zero-order chi connectivity index (χ0) is 15.0. The van der Waals surface area contributed by atoms with Crippen LogP contribution in [0.4, 0.5) is 8.78 Å². The second-order valence-electron chi connectivity index (χ2n) is 5.13. The molecule has 6 heteroatoms. The van der Waals surface area contributed by atoms with Crippen LogP contribution in [0.5, 0.6) is 0 Å². The lowest BCUT2D eigenvalue weighted by Gasteiger charge is -2.11. The summed E-state index contributed by atoms with van der Waals surface area (Å²) in [6.45, 7) is 3.22. The Bertz CT molecular complexity index is 720. The van der Waals surface area contributed by atoms with Crippen molar-refractivity contribution in [3.05, 3.63) is 64.6 Å². The Hall–Kier alpha value is -2.24. The number of rotatable bonds is 4. The van der Waals surface area contributed by atoms with Crippen molar-refractivity contribution in [2.75, 3.05) is 0 Å². The fourth-order valence-corrected chi connectivity index (χ4v) is 2.68. The molecule has 0 fully saturated rings. The van der Waals surface area contributed by atoms with Gasteiger partial charge in [-0.3, -0.25) is 4.57 Å². The van der Waals surface area contributed by atoms with Gasteiger partial charge in [0, 0.05) is 12.8 Å². The largest absolute Gasteiger partial charge is 0.346 e.